The van der Waals surface area contributed by atoms with Crippen LogP contribution in [0.4, 0.5) is 0 Å². The molecule has 118 valence electrons. The predicted molar refractivity (Wildman–Crippen MR) is 85.0 cm³/mol. The van der Waals surface area contributed by atoms with Gasteiger partial charge in [0.1, 0.15) is 17.4 Å². The van der Waals surface area contributed by atoms with E-state index >= 15 is 0 Å². The van der Waals surface area contributed by atoms with Crippen LogP contribution in [0.15, 0.2) is 35.7 Å². The fourth-order valence-electron chi connectivity index (χ4n) is 2.84. The molecule has 1 aliphatic heterocycles. The lowest BCUT2D eigenvalue weighted by atomic mass is 9.82. The largest absolute Gasteiger partial charge is 0.497 e. The lowest BCUT2D eigenvalue weighted by Gasteiger charge is -2.24. The maximum absolute atomic E-state index is 9.56. The van der Waals surface area contributed by atoms with Gasteiger partial charge in [0.25, 0.3) is 0 Å². The van der Waals surface area contributed by atoms with Crippen molar-refractivity contribution in [1.29, 1.82) is 5.26 Å². The van der Waals surface area contributed by atoms with Crippen molar-refractivity contribution in [3.05, 3.63) is 52.5 Å². The summed E-state index contributed by atoms with van der Waals surface area (Å²) in [5.41, 5.74) is 9.08. The van der Waals surface area contributed by atoms with Gasteiger partial charge in [0, 0.05) is 5.69 Å². The van der Waals surface area contributed by atoms with E-state index in [9.17, 15) is 5.26 Å². The highest BCUT2D eigenvalue weighted by molar-refractivity contribution is 5.56. The molecule has 1 aromatic carbocycles. The zero-order valence-electron chi connectivity index (χ0n) is 13.3. The van der Waals surface area contributed by atoms with Crippen LogP contribution in [0.1, 0.15) is 42.5 Å². The summed E-state index contributed by atoms with van der Waals surface area (Å²) in [5, 5.41) is 16.8. The summed E-state index contributed by atoms with van der Waals surface area (Å²) in [4.78, 5) is 0. The lowest BCUT2D eigenvalue weighted by Crippen LogP contribution is -2.21. The van der Waals surface area contributed by atoms with Gasteiger partial charge in [-0.3, -0.25) is 5.10 Å². The number of methoxy groups -OCH3 is 1. The van der Waals surface area contributed by atoms with Crippen molar-refractivity contribution in [3.63, 3.8) is 0 Å². The summed E-state index contributed by atoms with van der Waals surface area (Å²) in [7, 11) is 1.62. The second kappa shape index (κ2) is 5.69. The van der Waals surface area contributed by atoms with Crippen LogP contribution in [0.25, 0.3) is 0 Å². The van der Waals surface area contributed by atoms with Crippen LogP contribution in [-0.4, -0.2) is 17.3 Å². The molecule has 23 heavy (non-hydrogen) atoms. The molecule has 1 aromatic heterocycles. The summed E-state index contributed by atoms with van der Waals surface area (Å²) < 4.78 is 10.7. The van der Waals surface area contributed by atoms with E-state index in [1.54, 1.807) is 7.11 Å². The standard InChI is InChI=1S/C17H18N4O2/c1-9(2)15-14-13(10-4-6-11(22-3)7-5-10)12(8-18)16(19)23-17(14)21-20-15/h4-7,9,13H,19H2,1-3H3,(H,20,21)/t13-/m0/s1. The maximum Gasteiger partial charge on any atom is 0.244 e. The van der Waals surface area contributed by atoms with Gasteiger partial charge in [-0.05, 0) is 23.6 Å². The molecule has 0 fully saturated rings. The van der Waals surface area contributed by atoms with E-state index in [4.69, 9.17) is 15.2 Å². The first-order valence-corrected chi connectivity index (χ1v) is 7.36. The maximum atomic E-state index is 9.56. The molecule has 1 aliphatic rings. The number of aromatic amines is 1. The zero-order chi connectivity index (χ0) is 16.6. The Bertz CT molecular complexity index is 797. The highest BCUT2D eigenvalue weighted by Gasteiger charge is 2.35. The molecule has 0 unspecified atom stereocenters. The van der Waals surface area contributed by atoms with E-state index in [0.29, 0.717) is 11.5 Å². The van der Waals surface area contributed by atoms with Crippen molar-refractivity contribution in [2.75, 3.05) is 7.11 Å². The van der Waals surface area contributed by atoms with Gasteiger partial charge in [0.15, 0.2) is 0 Å². The molecule has 0 saturated carbocycles. The number of rotatable bonds is 3. The molecular formula is C17H18N4O2. The molecule has 3 N–H and O–H groups in total. The van der Waals surface area contributed by atoms with E-state index < -0.39 is 0 Å². The molecule has 6 nitrogen and oxygen atoms in total. The monoisotopic (exact) mass is 310 g/mol. The number of nitriles is 1. The number of aromatic nitrogens is 2. The Labute approximate surface area is 134 Å². The Balaban J connectivity index is 2.19. The number of nitrogens with zero attached hydrogens (tertiary/aromatic N) is 2. The van der Waals surface area contributed by atoms with Crippen LogP contribution < -0.4 is 15.2 Å². The van der Waals surface area contributed by atoms with Gasteiger partial charge in [0.05, 0.1) is 18.6 Å². The first kappa shape index (κ1) is 15.0. The minimum absolute atomic E-state index is 0.0997. The van der Waals surface area contributed by atoms with Gasteiger partial charge < -0.3 is 15.2 Å². The van der Waals surface area contributed by atoms with Crippen LogP contribution in [0, 0.1) is 11.3 Å². The molecule has 0 radical (unpaired) electrons. The molecule has 2 aromatic rings. The van der Waals surface area contributed by atoms with E-state index in [0.717, 1.165) is 22.6 Å². The molecular weight excluding hydrogens is 292 g/mol. The zero-order valence-corrected chi connectivity index (χ0v) is 13.3. The van der Waals surface area contributed by atoms with Crippen molar-refractivity contribution in [2.45, 2.75) is 25.7 Å². The average molecular weight is 310 g/mol. The number of hydrogen-bond donors (Lipinski definition) is 2. The lowest BCUT2D eigenvalue weighted by molar-refractivity contribution is 0.378. The second-order valence-corrected chi connectivity index (χ2v) is 5.71. The van der Waals surface area contributed by atoms with Crippen molar-refractivity contribution >= 4 is 0 Å². The second-order valence-electron chi connectivity index (χ2n) is 5.71. The molecule has 3 rings (SSSR count). The Morgan fingerprint density at radius 1 is 1.35 bits per heavy atom. The summed E-state index contributed by atoms with van der Waals surface area (Å²) in [6.45, 7) is 4.12. The minimum atomic E-state index is -0.300. The molecule has 0 aliphatic carbocycles. The molecule has 2 heterocycles. The van der Waals surface area contributed by atoms with Crippen molar-refractivity contribution in [3.8, 4) is 17.7 Å². The number of hydrogen-bond acceptors (Lipinski definition) is 5. The predicted octanol–water partition coefficient (Wildman–Crippen LogP) is 2.76. The quantitative estimate of drug-likeness (QED) is 0.908. The number of allylic oxidation sites excluding steroid dienone is 1. The van der Waals surface area contributed by atoms with Crippen molar-refractivity contribution in [1.82, 2.24) is 10.2 Å². The Morgan fingerprint density at radius 3 is 2.61 bits per heavy atom. The van der Waals surface area contributed by atoms with Gasteiger partial charge in [-0.15, -0.1) is 5.10 Å². The Hall–Kier alpha value is -2.94. The van der Waals surface area contributed by atoms with E-state index in [2.05, 4.69) is 30.1 Å². The molecule has 0 saturated heterocycles. The minimum Gasteiger partial charge on any atom is -0.497 e. The number of benzene rings is 1. The van der Waals surface area contributed by atoms with E-state index in [1.165, 1.54) is 0 Å². The highest BCUT2D eigenvalue weighted by atomic mass is 16.5. The molecule has 1 atom stereocenters. The van der Waals surface area contributed by atoms with Gasteiger partial charge >= 0.3 is 0 Å². The number of H-pyrrole nitrogens is 1. The van der Waals surface area contributed by atoms with Gasteiger partial charge in [-0.25, -0.2) is 0 Å². The summed E-state index contributed by atoms with van der Waals surface area (Å²) >= 11 is 0. The van der Waals surface area contributed by atoms with Crippen LogP contribution in [0.5, 0.6) is 11.6 Å². The fourth-order valence-corrected chi connectivity index (χ4v) is 2.84. The van der Waals surface area contributed by atoms with Crippen LogP contribution in [0.2, 0.25) is 0 Å². The van der Waals surface area contributed by atoms with Crippen molar-refractivity contribution in [2.24, 2.45) is 5.73 Å². The number of fused-ring (bicyclic) bond motifs is 1. The molecule has 0 bridgehead atoms. The summed E-state index contributed by atoms with van der Waals surface area (Å²) in [5.74, 6) is 1.21. The van der Waals surface area contributed by atoms with Gasteiger partial charge in [0.2, 0.25) is 11.8 Å². The molecule has 0 spiro atoms. The normalized spacial score (nSPS) is 16.7. The Morgan fingerprint density at radius 2 is 2.04 bits per heavy atom. The number of nitrogens with one attached hydrogen (secondary N) is 1. The van der Waals surface area contributed by atoms with Crippen molar-refractivity contribution < 1.29 is 9.47 Å². The Kier molecular flexibility index (Phi) is 3.70. The average Bonchev–Trinajstić information content (AvgIpc) is 2.97. The van der Waals surface area contributed by atoms with Crippen LogP contribution in [-0.2, 0) is 0 Å². The third-order valence-corrected chi connectivity index (χ3v) is 3.99. The van der Waals surface area contributed by atoms with E-state index in [1.807, 2.05) is 24.3 Å². The smallest absolute Gasteiger partial charge is 0.244 e. The van der Waals surface area contributed by atoms with Crippen LogP contribution >= 0.6 is 0 Å². The summed E-state index contributed by atoms with van der Waals surface area (Å²) in [6, 6.07) is 9.78. The SMILES string of the molecule is COc1ccc([C@H]2C(C#N)=C(N)Oc3n[nH]c(C(C)C)c32)cc1. The van der Waals surface area contributed by atoms with E-state index in [-0.39, 0.29) is 17.7 Å². The highest BCUT2D eigenvalue weighted by Crippen LogP contribution is 2.44. The molecule has 0 amide bonds. The number of ether oxygens (including phenoxy) is 2. The first-order valence-electron chi connectivity index (χ1n) is 7.36. The third kappa shape index (κ3) is 2.40. The van der Waals surface area contributed by atoms with Gasteiger partial charge in [-0.1, -0.05) is 26.0 Å². The fraction of sp³-hybridized carbons (Fsp3) is 0.294. The first-order chi connectivity index (χ1) is 11.1. The topological polar surface area (TPSA) is 96.9 Å². The summed E-state index contributed by atoms with van der Waals surface area (Å²) in [6.07, 6.45) is 0. The number of nitrogens with two attached hydrogens (primary N) is 1. The van der Waals surface area contributed by atoms with Gasteiger partial charge in [-0.2, -0.15) is 5.26 Å². The third-order valence-electron chi connectivity index (χ3n) is 3.99. The molecule has 6 heteroatoms. The van der Waals surface area contributed by atoms with Crippen LogP contribution in [0.3, 0.4) is 0 Å².